The highest BCUT2D eigenvalue weighted by atomic mass is 16.2. The number of amides is 3. The fraction of sp³-hybridized carbons (Fsp3) is 0.765. The molecule has 7 heteroatoms. The van der Waals surface area contributed by atoms with E-state index in [1.807, 2.05) is 0 Å². The van der Waals surface area contributed by atoms with Crippen molar-refractivity contribution in [1.82, 2.24) is 10.2 Å². The number of likely N-dealkylation sites (tertiary alicyclic amines) is 1. The summed E-state index contributed by atoms with van der Waals surface area (Å²) >= 11 is 0. The Hall–Kier alpha value is -1.92. The number of nitrogens with two attached hydrogens (primary N) is 1. The second-order valence-electron chi connectivity index (χ2n) is 7.10. The Bertz CT molecular complexity index is 548. The predicted molar refractivity (Wildman–Crippen MR) is 88.9 cm³/mol. The molecule has 1 saturated heterocycles. The van der Waals surface area contributed by atoms with Gasteiger partial charge in [0.1, 0.15) is 5.71 Å². The SMILES string of the molecule is N/N=C1\C(=O)N(C2CCCCC2)C(=O)[C@@H]1C(=O)NC1CCCCC1. The normalized spacial score (nSPS) is 28.6. The second-order valence-corrected chi connectivity index (χ2v) is 7.10. The maximum atomic E-state index is 12.8. The van der Waals surface area contributed by atoms with Gasteiger partial charge >= 0.3 is 0 Å². The Kier molecular flexibility index (Phi) is 5.16. The molecular formula is C17H26N4O3. The van der Waals surface area contributed by atoms with E-state index in [1.165, 1.54) is 11.3 Å². The number of hydrogen-bond donors (Lipinski definition) is 2. The van der Waals surface area contributed by atoms with Crippen LogP contribution < -0.4 is 11.2 Å². The van der Waals surface area contributed by atoms with Crippen LogP contribution >= 0.6 is 0 Å². The summed E-state index contributed by atoms with van der Waals surface area (Å²) in [5.41, 5.74) is -0.112. The van der Waals surface area contributed by atoms with Crippen molar-refractivity contribution in [3.05, 3.63) is 0 Å². The second kappa shape index (κ2) is 7.32. The fourth-order valence-electron chi connectivity index (χ4n) is 4.19. The minimum Gasteiger partial charge on any atom is -0.352 e. The van der Waals surface area contributed by atoms with Crippen LogP contribution in [0.15, 0.2) is 5.10 Å². The Morgan fingerprint density at radius 2 is 1.58 bits per heavy atom. The van der Waals surface area contributed by atoms with Gasteiger partial charge in [-0.3, -0.25) is 19.3 Å². The molecule has 24 heavy (non-hydrogen) atoms. The third kappa shape index (κ3) is 3.16. The molecule has 3 amide bonds. The zero-order valence-corrected chi connectivity index (χ0v) is 14.0. The van der Waals surface area contributed by atoms with Gasteiger partial charge in [0.15, 0.2) is 5.92 Å². The quantitative estimate of drug-likeness (QED) is 0.348. The van der Waals surface area contributed by atoms with Gasteiger partial charge in [-0.15, -0.1) is 0 Å². The van der Waals surface area contributed by atoms with Crippen LogP contribution in [0.5, 0.6) is 0 Å². The van der Waals surface area contributed by atoms with Gasteiger partial charge in [-0.05, 0) is 25.7 Å². The van der Waals surface area contributed by atoms with Crippen LogP contribution in [0.1, 0.15) is 64.2 Å². The van der Waals surface area contributed by atoms with Crippen molar-refractivity contribution in [1.29, 1.82) is 0 Å². The average molecular weight is 334 g/mol. The molecule has 0 radical (unpaired) electrons. The molecule has 0 spiro atoms. The van der Waals surface area contributed by atoms with Crippen LogP contribution in [-0.2, 0) is 14.4 Å². The van der Waals surface area contributed by atoms with Gasteiger partial charge < -0.3 is 11.2 Å². The Morgan fingerprint density at radius 3 is 2.17 bits per heavy atom. The molecule has 132 valence electrons. The van der Waals surface area contributed by atoms with E-state index < -0.39 is 23.6 Å². The van der Waals surface area contributed by atoms with E-state index in [9.17, 15) is 14.4 Å². The van der Waals surface area contributed by atoms with Crippen LogP contribution in [0.4, 0.5) is 0 Å². The number of carbonyl (C=O) groups is 3. The summed E-state index contributed by atoms with van der Waals surface area (Å²) in [6.45, 7) is 0. The molecule has 0 bridgehead atoms. The first-order valence-electron chi connectivity index (χ1n) is 9.09. The third-order valence-corrected chi connectivity index (χ3v) is 5.49. The van der Waals surface area contributed by atoms with Crippen molar-refractivity contribution in [2.24, 2.45) is 16.9 Å². The standard InChI is InChI=1S/C17H26N4O3/c18-20-14-13(15(22)19-11-7-3-1-4-8-11)16(23)21(17(14)24)12-9-5-2-6-10-12/h11-13H,1-10,18H2,(H,19,22)/b20-14-/t13-/m0/s1. The highest BCUT2D eigenvalue weighted by Crippen LogP contribution is 2.29. The molecule has 0 aromatic carbocycles. The Labute approximate surface area is 142 Å². The smallest absolute Gasteiger partial charge is 0.278 e. The number of carbonyl (C=O) groups excluding carboxylic acids is 3. The number of nitrogens with one attached hydrogen (secondary N) is 1. The number of hydrogen-bond acceptors (Lipinski definition) is 5. The van der Waals surface area contributed by atoms with Gasteiger partial charge in [-0.2, -0.15) is 5.10 Å². The average Bonchev–Trinajstić information content (AvgIpc) is 2.86. The molecule has 3 N–H and O–H groups in total. The first-order chi connectivity index (χ1) is 11.6. The van der Waals surface area contributed by atoms with E-state index in [0.29, 0.717) is 0 Å². The third-order valence-electron chi connectivity index (χ3n) is 5.49. The highest BCUT2D eigenvalue weighted by Gasteiger charge is 2.51. The summed E-state index contributed by atoms with van der Waals surface area (Å²) in [5.74, 6) is 2.80. The van der Waals surface area contributed by atoms with Gasteiger partial charge in [-0.1, -0.05) is 38.5 Å². The summed E-state index contributed by atoms with van der Waals surface area (Å²) in [6.07, 6.45) is 9.88. The van der Waals surface area contributed by atoms with Crippen molar-refractivity contribution in [2.75, 3.05) is 0 Å². The predicted octanol–water partition coefficient (Wildman–Crippen LogP) is 1.07. The summed E-state index contributed by atoms with van der Waals surface area (Å²) in [6, 6.07) is -0.0418. The first-order valence-corrected chi connectivity index (χ1v) is 9.09. The molecule has 1 heterocycles. The Balaban J connectivity index is 1.74. The molecular weight excluding hydrogens is 308 g/mol. The summed E-state index contributed by atoms with van der Waals surface area (Å²) in [5, 5.41) is 6.43. The largest absolute Gasteiger partial charge is 0.352 e. The van der Waals surface area contributed by atoms with E-state index in [2.05, 4.69) is 10.4 Å². The molecule has 0 aromatic rings. The number of imide groups is 1. The van der Waals surface area contributed by atoms with Crippen LogP contribution in [0.2, 0.25) is 0 Å². The van der Waals surface area contributed by atoms with Crippen molar-refractivity contribution < 1.29 is 14.4 Å². The molecule has 3 rings (SSSR count). The monoisotopic (exact) mass is 334 g/mol. The maximum Gasteiger partial charge on any atom is 0.278 e. The molecule has 7 nitrogen and oxygen atoms in total. The van der Waals surface area contributed by atoms with E-state index in [0.717, 1.165) is 57.8 Å². The lowest BCUT2D eigenvalue weighted by atomic mass is 9.94. The lowest BCUT2D eigenvalue weighted by molar-refractivity contribution is -0.144. The number of nitrogens with zero attached hydrogens (tertiary/aromatic N) is 2. The van der Waals surface area contributed by atoms with Gasteiger partial charge in [0, 0.05) is 12.1 Å². The number of rotatable bonds is 3. The fourth-order valence-corrected chi connectivity index (χ4v) is 4.19. The molecule has 2 saturated carbocycles. The van der Waals surface area contributed by atoms with Crippen molar-refractivity contribution in [3.63, 3.8) is 0 Å². The zero-order chi connectivity index (χ0) is 17.1. The molecule has 0 aromatic heterocycles. The minimum absolute atomic E-state index is 0.0805. The van der Waals surface area contributed by atoms with Gasteiger partial charge in [-0.25, -0.2) is 0 Å². The molecule has 2 aliphatic carbocycles. The lowest BCUT2D eigenvalue weighted by Gasteiger charge is -2.29. The van der Waals surface area contributed by atoms with Crippen molar-refractivity contribution >= 4 is 23.4 Å². The van der Waals surface area contributed by atoms with Crippen LogP contribution in [0.25, 0.3) is 0 Å². The van der Waals surface area contributed by atoms with Gasteiger partial charge in [0.25, 0.3) is 5.91 Å². The summed E-state index contributed by atoms with van der Waals surface area (Å²) in [7, 11) is 0. The number of hydrazone groups is 1. The summed E-state index contributed by atoms with van der Waals surface area (Å²) < 4.78 is 0. The molecule has 1 atom stereocenters. The van der Waals surface area contributed by atoms with Crippen molar-refractivity contribution in [3.8, 4) is 0 Å². The zero-order valence-electron chi connectivity index (χ0n) is 14.0. The lowest BCUT2D eigenvalue weighted by Crippen LogP contribution is -2.45. The molecule has 3 aliphatic rings. The molecule has 3 fully saturated rings. The maximum absolute atomic E-state index is 12.8. The van der Waals surface area contributed by atoms with Crippen LogP contribution in [0.3, 0.4) is 0 Å². The first kappa shape index (κ1) is 16.9. The van der Waals surface area contributed by atoms with E-state index >= 15 is 0 Å². The van der Waals surface area contributed by atoms with E-state index in [4.69, 9.17) is 5.84 Å². The molecule has 1 aliphatic heterocycles. The van der Waals surface area contributed by atoms with E-state index in [1.54, 1.807) is 0 Å². The van der Waals surface area contributed by atoms with Gasteiger partial charge in [0.2, 0.25) is 11.8 Å². The van der Waals surface area contributed by atoms with E-state index in [-0.39, 0.29) is 17.8 Å². The van der Waals surface area contributed by atoms with Gasteiger partial charge in [0.05, 0.1) is 0 Å². The highest BCUT2D eigenvalue weighted by molar-refractivity contribution is 6.54. The van der Waals surface area contributed by atoms with Crippen molar-refractivity contribution in [2.45, 2.75) is 76.3 Å². The van der Waals surface area contributed by atoms with Crippen LogP contribution in [-0.4, -0.2) is 40.4 Å². The molecule has 0 unspecified atom stereocenters. The minimum atomic E-state index is -1.17. The van der Waals surface area contributed by atoms with Crippen LogP contribution in [0, 0.1) is 5.92 Å². The topological polar surface area (TPSA) is 105 Å². The summed E-state index contributed by atoms with van der Waals surface area (Å²) in [4.78, 5) is 39.2. The Morgan fingerprint density at radius 1 is 1.00 bits per heavy atom.